The van der Waals surface area contributed by atoms with Crippen molar-refractivity contribution in [2.75, 3.05) is 32.7 Å². The summed E-state index contributed by atoms with van der Waals surface area (Å²) in [5, 5.41) is 9.93. The summed E-state index contributed by atoms with van der Waals surface area (Å²) in [6.07, 6.45) is 8.48. The molecule has 0 spiro atoms. The lowest BCUT2D eigenvalue weighted by Gasteiger charge is -2.39. The third-order valence-electron chi connectivity index (χ3n) is 5.39. The Morgan fingerprint density at radius 3 is 2.17 bits per heavy atom. The topological polar surface area (TPSA) is 48.7 Å². The number of β-amino-alcohol motifs (C(OH)–C–C–N with tert-alkyl or cyclic N) is 1. The van der Waals surface area contributed by atoms with Gasteiger partial charge in [0, 0.05) is 57.1 Å². The maximum atomic E-state index is 12.8. The number of nitrogens with zero attached hydrogens (tertiary/aromatic N) is 3. The molecule has 1 aliphatic carbocycles. The van der Waals surface area contributed by atoms with Crippen LogP contribution in [-0.4, -0.2) is 63.7 Å². The third kappa shape index (κ3) is 4.39. The van der Waals surface area contributed by atoms with E-state index in [2.05, 4.69) is 34.0 Å². The minimum atomic E-state index is -0.664. The van der Waals surface area contributed by atoms with E-state index in [-0.39, 0.29) is 5.92 Å². The third-order valence-corrected chi connectivity index (χ3v) is 5.39. The van der Waals surface area contributed by atoms with Crippen molar-refractivity contribution in [2.24, 2.45) is 5.92 Å². The Morgan fingerprint density at radius 2 is 1.62 bits per heavy atom. The number of hydrogen-bond acceptors (Lipinski definition) is 3. The summed E-state index contributed by atoms with van der Waals surface area (Å²) in [6, 6.07) is 4.71. The SMILES string of the molecule is CC(C)(O)CN1CCN(C(=O)C2CCC(n3cccc3)CC2)CC1. The highest BCUT2D eigenvalue weighted by atomic mass is 16.3. The molecule has 0 bridgehead atoms. The molecule has 24 heavy (non-hydrogen) atoms. The second-order valence-electron chi connectivity index (χ2n) is 8.05. The van der Waals surface area contributed by atoms with Crippen LogP contribution in [0.3, 0.4) is 0 Å². The number of carbonyl (C=O) groups excluding carboxylic acids is 1. The molecule has 0 atom stereocenters. The fourth-order valence-electron chi connectivity index (χ4n) is 4.14. The minimum absolute atomic E-state index is 0.206. The number of hydrogen-bond donors (Lipinski definition) is 1. The average molecular weight is 333 g/mol. The van der Waals surface area contributed by atoms with Gasteiger partial charge >= 0.3 is 0 Å². The molecule has 0 unspecified atom stereocenters. The summed E-state index contributed by atoms with van der Waals surface area (Å²) < 4.78 is 2.29. The molecule has 2 aliphatic rings. The van der Waals surface area contributed by atoms with E-state index in [1.807, 2.05) is 18.7 Å². The van der Waals surface area contributed by atoms with E-state index in [1.165, 1.54) is 0 Å². The van der Waals surface area contributed by atoms with E-state index < -0.39 is 5.60 Å². The van der Waals surface area contributed by atoms with Crippen LogP contribution in [-0.2, 0) is 4.79 Å². The smallest absolute Gasteiger partial charge is 0.225 e. The summed E-state index contributed by atoms with van der Waals surface area (Å²) in [5.74, 6) is 0.557. The first-order chi connectivity index (χ1) is 11.4. The van der Waals surface area contributed by atoms with Gasteiger partial charge in [-0.2, -0.15) is 0 Å². The predicted molar refractivity (Wildman–Crippen MR) is 94.7 cm³/mol. The van der Waals surface area contributed by atoms with Gasteiger partial charge in [0.2, 0.25) is 5.91 Å². The number of aromatic nitrogens is 1. The van der Waals surface area contributed by atoms with Crippen LogP contribution in [0.4, 0.5) is 0 Å². The molecule has 1 amide bonds. The monoisotopic (exact) mass is 333 g/mol. The van der Waals surface area contributed by atoms with Gasteiger partial charge in [0.1, 0.15) is 0 Å². The molecule has 2 heterocycles. The average Bonchev–Trinajstić information content (AvgIpc) is 3.08. The molecule has 134 valence electrons. The normalized spacial score (nSPS) is 26.5. The van der Waals surface area contributed by atoms with Gasteiger partial charge in [-0.25, -0.2) is 0 Å². The first-order valence-electron chi connectivity index (χ1n) is 9.28. The summed E-state index contributed by atoms with van der Waals surface area (Å²) in [5.41, 5.74) is -0.664. The van der Waals surface area contributed by atoms with E-state index in [9.17, 15) is 9.90 Å². The highest BCUT2D eigenvalue weighted by molar-refractivity contribution is 5.79. The standard InChI is InChI=1S/C19H31N3O2/c1-19(2,24)15-20-11-13-22(14-12-20)18(23)16-5-7-17(8-6-16)21-9-3-4-10-21/h3-4,9-10,16-17,24H,5-8,11-15H2,1-2H3. The number of amides is 1. The van der Waals surface area contributed by atoms with Crippen LogP contribution in [0, 0.1) is 5.92 Å². The molecule has 1 N–H and O–H groups in total. The first-order valence-corrected chi connectivity index (χ1v) is 9.28. The second kappa shape index (κ2) is 7.28. The lowest BCUT2D eigenvalue weighted by Crippen LogP contribution is -2.53. The molecular weight excluding hydrogens is 302 g/mol. The van der Waals surface area contributed by atoms with Crippen LogP contribution in [0.2, 0.25) is 0 Å². The Labute approximate surface area is 145 Å². The van der Waals surface area contributed by atoms with Crippen molar-refractivity contribution < 1.29 is 9.90 Å². The molecule has 2 fully saturated rings. The van der Waals surface area contributed by atoms with Crippen molar-refractivity contribution in [2.45, 2.75) is 51.2 Å². The molecule has 1 aromatic rings. The van der Waals surface area contributed by atoms with Crippen LogP contribution >= 0.6 is 0 Å². The largest absolute Gasteiger partial charge is 0.389 e. The number of piperazine rings is 1. The van der Waals surface area contributed by atoms with Crippen molar-refractivity contribution in [3.63, 3.8) is 0 Å². The van der Waals surface area contributed by atoms with Crippen molar-refractivity contribution >= 4 is 5.91 Å². The van der Waals surface area contributed by atoms with Gasteiger partial charge in [0.05, 0.1) is 5.60 Å². The van der Waals surface area contributed by atoms with E-state index in [0.717, 1.165) is 51.9 Å². The molecule has 1 aromatic heterocycles. The lowest BCUT2D eigenvalue weighted by molar-refractivity contribution is -0.138. The minimum Gasteiger partial charge on any atom is -0.389 e. The van der Waals surface area contributed by atoms with Gasteiger partial charge in [-0.1, -0.05) is 0 Å². The maximum absolute atomic E-state index is 12.8. The Kier molecular flexibility index (Phi) is 5.30. The van der Waals surface area contributed by atoms with Gasteiger partial charge in [-0.15, -0.1) is 0 Å². The molecule has 0 aromatic carbocycles. The summed E-state index contributed by atoms with van der Waals surface area (Å²) in [7, 11) is 0. The highest BCUT2D eigenvalue weighted by Crippen LogP contribution is 2.33. The maximum Gasteiger partial charge on any atom is 0.225 e. The van der Waals surface area contributed by atoms with Crippen molar-refractivity contribution in [3.8, 4) is 0 Å². The molecule has 5 heteroatoms. The Morgan fingerprint density at radius 1 is 1.04 bits per heavy atom. The van der Waals surface area contributed by atoms with E-state index in [4.69, 9.17) is 0 Å². The summed E-state index contributed by atoms with van der Waals surface area (Å²) >= 11 is 0. The molecule has 3 rings (SSSR count). The summed E-state index contributed by atoms with van der Waals surface area (Å²) in [6.45, 7) is 7.69. The molecule has 1 aliphatic heterocycles. The first kappa shape index (κ1) is 17.5. The number of aliphatic hydroxyl groups is 1. The molecule has 0 radical (unpaired) electrons. The number of rotatable bonds is 4. The predicted octanol–water partition coefficient (Wildman–Crippen LogP) is 2.13. The van der Waals surface area contributed by atoms with Crippen molar-refractivity contribution in [3.05, 3.63) is 24.5 Å². The molecular formula is C19H31N3O2. The Balaban J connectivity index is 1.45. The zero-order valence-corrected chi connectivity index (χ0v) is 15.0. The fraction of sp³-hybridized carbons (Fsp3) is 0.737. The lowest BCUT2D eigenvalue weighted by atomic mass is 9.85. The zero-order chi connectivity index (χ0) is 17.2. The molecule has 5 nitrogen and oxygen atoms in total. The molecule has 1 saturated carbocycles. The van der Waals surface area contributed by atoms with Crippen LogP contribution < -0.4 is 0 Å². The quantitative estimate of drug-likeness (QED) is 0.918. The summed E-state index contributed by atoms with van der Waals surface area (Å²) in [4.78, 5) is 17.1. The van der Waals surface area contributed by atoms with Gasteiger partial charge in [0.25, 0.3) is 0 Å². The zero-order valence-electron chi connectivity index (χ0n) is 15.0. The highest BCUT2D eigenvalue weighted by Gasteiger charge is 2.32. The Bertz CT molecular complexity index is 519. The van der Waals surface area contributed by atoms with Gasteiger partial charge < -0.3 is 14.6 Å². The molecule has 1 saturated heterocycles. The van der Waals surface area contributed by atoms with E-state index >= 15 is 0 Å². The van der Waals surface area contributed by atoms with Gasteiger partial charge in [-0.3, -0.25) is 9.69 Å². The van der Waals surface area contributed by atoms with Gasteiger partial charge in [0.15, 0.2) is 0 Å². The van der Waals surface area contributed by atoms with Crippen molar-refractivity contribution in [1.82, 2.24) is 14.4 Å². The fourth-order valence-corrected chi connectivity index (χ4v) is 4.14. The number of carbonyl (C=O) groups is 1. The van der Waals surface area contributed by atoms with E-state index in [1.54, 1.807) is 0 Å². The Hall–Kier alpha value is -1.33. The van der Waals surface area contributed by atoms with Gasteiger partial charge in [-0.05, 0) is 51.7 Å². The van der Waals surface area contributed by atoms with Crippen LogP contribution in [0.1, 0.15) is 45.6 Å². The van der Waals surface area contributed by atoms with E-state index in [0.29, 0.717) is 18.5 Å². The van der Waals surface area contributed by atoms with Crippen LogP contribution in [0.15, 0.2) is 24.5 Å². The van der Waals surface area contributed by atoms with Crippen LogP contribution in [0.25, 0.3) is 0 Å². The van der Waals surface area contributed by atoms with Crippen LogP contribution in [0.5, 0.6) is 0 Å². The van der Waals surface area contributed by atoms with Crippen molar-refractivity contribution in [1.29, 1.82) is 0 Å². The second-order valence-corrected chi connectivity index (χ2v) is 8.05.